The lowest BCUT2D eigenvalue weighted by Crippen LogP contribution is -2.42. The van der Waals surface area contributed by atoms with Gasteiger partial charge >= 0.3 is 17.8 Å². The number of halogens is 7. The van der Waals surface area contributed by atoms with Gasteiger partial charge in [0, 0.05) is 29.6 Å². The van der Waals surface area contributed by atoms with E-state index in [1.165, 1.54) is 27.7 Å². The molecule has 0 aliphatic rings. The van der Waals surface area contributed by atoms with Crippen molar-refractivity contribution < 1.29 is 59.5 Å². The number of hydrogen-bond acceptors (Lipinski definition) is 6. The zero-order valence-corrected chi connectivity index (χ0v) is 28.9. The summed E-state index contributed by atoms with van der Waals surface area (Å²) in [6, 6.07) is 0. The quantitative estimate of drug-likeness (QED) is 0.145. The van der Waals surface area contributed by atoms with Gasteiger partial charge in [-0.3, -0.25) is 28.8 Å². The van der Waals surface area contributed by atoms with E-state index in [1.54, 1.807) is 0 Å². The van der Waals surface area contributed by atoms with Crippen LogP contribution in [0.5, 0.6) is 0 Å². The molecule has 1 atom stereocenters. The number of alkyl halides is 7. The molecule has 0 aliphatic heterocycles. The maximum absolute atomic E-state index is 13.8. The summed E-state index contributed by atoms with van der Waals surface area (Å²) in [4.78, 5) is 67.2. The molecule has 0 N–H and O–H groups in total. The highest BCUT2D eigenvalue weighted by Crippen LogP contribution is 2.30. The second-order valence-corrected chi connectivity index (χ2v) is 14.2. The van der Waals surface area contributed by atoms with Crippen molar-refractivity contribution in [2.45, 2.75) is 140 Å². The van der Waals surface area contributed by atoms with Crippen LogP contribution in [0.1, 0.15) is 116 Å². The fourth-order valence-electron chi connectivity index (χ4n) is 2.50. The van der Waals surface area contributed by atoms with Crippen LogP contribution in [-0.2, 0) is 28.8 Å². The lowest BCUT2D eigenvalue weighted by atomic mass is 9.82. The molecule has 0 aromatic rings. The number of Topliss-reactive ketones (excluding diaryl/α,β-unsaturated/α-hetero) is 6. The molecule has 264 valence electrons. The number of hydrogen-bond donors (Lipinski definition) is 0. The van der Waals surface area contributed by atoms with E-state index in [9.17, 15) is 59.5 Å². The molecule has 0 radical (unpaired) electrons. The number of rotatable bonds is 13. The third-order valence-corrected chi connectivity index (χ3v) is 6.95. The molecule has 0 rings (SSSR count). The van der Waals surface area contributed by atoms with Crippen LogP contribution in [0.4, 0.5) is 30.7 Å². The first kappa shape index (κ1) is 46.9. The van der Waals surface area contributed by atoms with Gasteiger partial charge in [-0.1, -0.05) is 83.1 Å². The van der Waals surface area contributed by atoms with Crippen molar-refractivity contribution >= 4 is 34.7 Å². The summed E-state index contributed by atoms with van der Waals surface area (Å²) in [5, 5.41) is 0. The molecular weight excluding hydrogens is 613 g/mol. The van der Waals surface area contributed by atoms with Crippen LogP contribution in [0.2, 0.25) is 0 Å². The van der Waals surface area contributed by atoms with Gasteiger partial charge in [0.25, 0.3) is 0 Å². The third kappa shape index (κ3) is 16.1. The Labute approximate surface area is 262 Å². The highest BCUT2D eigenvalue weighted by molar-refractivity contribution is 6.06. The molecular formula is C32H51F7O6. The molecule has 0 saturated carbocycles. The highest BCUT2D eigenvalue weighted by Gasteiger charge is 2.47. The summed E-state index contributed by atoms with van der Waals surface area (Å²) in [5.74, 6) is -20.3. The lowest BCUT2D eigenvalue weighted by molar-refractivity contribution is -0.156. The first-order valence-corrected chi connectivity index (χ1v) is 14.5. The Hall–Kier alpha value is -2.47. The van der Waals surface area contributed by atoms with E-state index in [4.69, 9.17) is 0 Å². The van der Waals surface area contributed by atoms with Crippen molar-refractivity contribution in [2.24, 2.45) is 28.6 Å². The normalized spacial score (nSPS) is 14.1. The molecule has 0 heterocycles. The first-order chi connectivity index (χ1) is 19.5. The van der Waals surface area contributed by atoms with E-state index in [2.05, 4.69) is 0 Å². The average molecular weight is 665 g/mol. The second kappa shape index (κ2) is 16.9. The standard InChI is InChI=1S/C12H19F3O2.C11H20O2.C9H12F4O2/c1-7(2)11(5,13)9(16)6-10(17)12(14,15)8(3)4;1-10(2,3)8(12)7-9(13)11(4,5)6;1-5(2)9(12,13)7(15)4-6(14)8(3,10)11/h7-8H,6H2,1-5H3;7H2,1-6H3;5H,4H2,1-3H3. The van der Waals surface area contributed by atoms with E-state index >= 15 is 0 Å². The van der Waals surface area contributed by atoms with E-state index in [0.29, 0.717) is 0 Å². The molecule has 0 saturated heterocycles. The minimum absolute atomic E-state index is 0.0208. The summed E-state index contributed by atoms with van der Waals surface area (Å²) in [7, 11) is 0. The zero-order valence-electron chi connectivity index (χ0n) is 28.9. The average Bonchev–Trinajstić information content (AvgIpc) is 2.82. The predicted octanol–water partition coefficient (Wildman–Crippen LogP) is 8.26. The largest absolute Gasteiger partial charge is 0.307 e. The Morgan fingerprint density at radius 3 is 0.844 bits per heavy atom. The Morgan fingerprint density at radius 1 is 0.400 bits per heavy atom. The van der Waals surface area contributed by atoms with Gasteiger partial charge in [0.1, 0.15) is 11.6 Å². The molecule has 1 unspecified atom stereocenters. The summed E-state index contributed by atoms with van der Waals surface area (Å²) < 4.78 is 90.9. The molecule has 0 aliphatic carbocycles. The maximum Gasteiger partial charge on any atom is 0.307 e. The Bertz CT molecular complexity index is 1000. The minimum Gasteiger partial charge on any atom is -0.299 e. The fourth-order valence-corrected chi connectivity index (χ4v) is 2.50. The van der Waals surface area contributed by atoms with Crippen LogP contribution in [0.25, 0.3) is 0 Å². The topological polar surface area (TPSA) is 102 Å². The van der Waals surface area contributed by atoms with Gasteiger partial charge in [0.2, 0.25) is 17.3 Å². The van der Waals surface area contributed by atoms with Crippen molar-refractivity contribution in [3.63, 3.8) is 0 Å². The van der Waals surface area contributed by atoms with Gasteiger partial charge in [-0.2, -0.15) is 26.3 Å². The molecule has 0 fully saturated rings. The molecule has 0 amide bonds. The van der Waals surface area contributed by atoms with E-state index in [-0.39, 0.29) is 24.9 Å². The Balaban J connectivity index is -0.000000593. The third-order valence-electron chi connectivity index (χ3n) is 6.95. The van der Waals surface area contributed by atoms with E-state index in [0.717, 1.165) is 20.8 Å². The van der Waals surface area contributed by atoms with Crippen LogP contribution >= 0.6 is 0 Å². The number of carbonyl (C=O) groups excluding carboxylic acids is 6. The van der Waals surface area contributed by atoms with Crippen molar-refractivity contribution in [3.8, 4) is 0 Å². The van der Waals surface area contributed by atoms with Gasteiger partial charge in [-0.25, -0.2) is 4.39 Å². The van der Waals surface area contributed by atoms with Gasteiger partial charge in [-0.15, -0.1) is 0 Å². The Kier molecular flexibility index (Phi) is 17.6. The van der Waals surface area contributed by atoms with Crippen LogP contribution in [0.3, 0.4) is 0 Å². The lowest BCUT2D eigenvalue weighted by Gasteiger charge is -2.24. The minimum atomic E-state index is -3.75. The van der Waals surface area contributed by atoms with Crippen LogP contribution in [0.15, 0.2) is 0 Å². The van der Waals surface area contributed by atoms with Crippen molar-refractivity contribution in [1.82, 2.24) is 0 Å². The van der Waals surface area contributed by atoms with Gasteiger partial charge in [0.15, 0.2) is 11.5 Å². The molecule has 0 bridgehead atoms. The van der Waals surface area contributed by atoms with Crippen molar-refractivity contribution in [1.29, 1.82) is 0 Å². The molecule has 0 aromatic carbocycles. The van der Waals surface area contributed by atoms with Crippen molar-refractivity contribution in [3.05, 3.63) is 0 Å². The van der Waals surface area contributed by atoms with E-state index < -0.39 is 88.0 Å². The van der Waals surface area contributed by atoms with Crippen LogP contribution < -0.4 is 0 Å². The van der Waals surface area contributed by atoms with Crippen LogP contribution in [-0.4, -0.2) is 58.1 Å². The fraction of sp³-hybridized carbons (Fsp3) is 0.812. The van der Waals surface area contributed by atoms with Gasteiger partial charge in [-0.05, 0) is 12.8 Å². The summed E-state index contributed by atoms with van der Waals surface area (Å²) >= 11 is 0. The maximum atomic E-state index is 13.8. The summed E-state index contributed by atoms with van der Waals surface area (Å²) in [6.07, 6.45) is -2.43. The number of carbonyl (C=O) groups is 6. The molecule has 0 spiro atoms. The number of ketones is 6. The smallest absolute Gasteiger partial charge is 0.299 e. The Morgan fingerprint density at radius 2 is 0.644 bits per heavy atom. The molecule has 6 nitrogen and oxygen atoms in total. The SMILES string of the molecule is CC(C)(C)C(=O)CC(=O)C(C)(C)C.CC(C)C(C)(F)C(=O)CC(=O)C(F)(F)C(C)C.CC(C)C(F)(F)C(=O)CC(=O)C(C)(F)F. The second-order valence-electron chi connectivity index (χ2n) is 14.2. The van der Waals surface area contributed by atoms with Crippen molar-refractivity contribution in [2.75, 3.05) is 0 Å². The van der Waals surface area contributed by atoms with Gasteiger partial charge in [0.05, 0.1) is 19.3 Å². The molecule has 0 aromatic heterocycles. The molecule has 13 heteroatoms. The van der Waals surface area contributed by atoms with E-state index in [1.807, 2.05) is 41.5 Å². The zero-order chi connectivity index (χ0) is 37.3. The predicted molar refractivity (Wildman–Crippen MR) is 157 cm³/mol. The first-order valence-electron chi connectivity index (χ1n) is 14.5. The highest BCUT2D eigenvalue weighted by atomic mass is 19.3. The molecule has 45 heavy (non-hydrogen) atoms. The monoisotopic (exact) mass is 664 g/mol. The van der Waals surface area contributed by atoms with Gasteiger partial charge < -0.3 is 0 Å². The summed E-state index contributed by atoms with van der Waals surface area (Å²) in [6.45, 7) is 19.8. The summed E-state index contributed by atoms with van der Waals surface area (Å²) in [5.41, 5.74) is -3.05. The van der Waals surface area contributed by atoms with Crippen LogP contribution in [0, 0.1) is 28.6 Å².